The molecule has 4 nitrogen and oxygen atoms in total. The molecule has 1 amide bonds. The molecule has 4 heteroatoms. The van der Waals surface area contributed by atoms with E-state index < -0.39 is 0 Å². The smallest absolute Gasteiger partial charge is 0.254 e. The molecule has 0 saturated carbocycles. The third-order valence-corrected chi connectivity index (χ3v) is 3.28. The fourth-order valence-electron chi connectivity index (χ4n) is 2.12. The van der Waals surface area contributed by atoms with Gasteiger partial charge in [0.1, 0.15) is 5.76 Å². The number of rotatable bonds is 6. The molecule has 0 aliphatic heterocycles. The zero-order chi connectivity index (χ0) is 14.4. The second kappa shape index (κ2) is 6.91. The summed E-state index contributed by atoms with van der Waals surface area (Å²) < 4.78 is 5.25. The van der Waals surface area contributed by atoms with Gasteiger partial charge in [-0.15, -0.1) is 0 Å². The van der Waals surface area contributed by atoms with Gasteiger partial charge < -0.3 is 15.5 Å². The molecule has 0 aliphatic carbocycles. The van der Waals surface area contributed by atoms with E-state index in [1.54, 1.807) is 12.3 Å². The maximum Gasteiger partial charge on any atom is 0.254 e. The van der Waals surface area contributed by atoms with E-state index in [1.165, 1.54) is 0 Å². The summed E-state index contributed by atoms with van der Waals surface area (Å²) in [7, 11) is 0. The SMILES string of the molecule is CCc1occc1C(=O)NCCC(N)c1ccccc1. The molecule has 20 heavy (non-hydrogen) atoms. The largest absolute Gasteiger partial charge is 0.469 e. The van der Waals surface area contributed by atoms with Crippen molar-refractivity contribution in [2.45, 2.75) is 25.8 Å². The third kappa shape index (κ3) is 3.48. The fourth-order valence-corrected chi connectivity index (χ4v) is 2.12. The van der Waals surface area contributed by atoms with E-state index in [4.69, 9.17) is 10.2 Å². The quantitative estimate of drug-likeness (QED) is 0.849. The first-order chi connectivity index (χ1) is 9.72. The lowest BCUT2D eigenvalue weighted by Crippen LogP contribution is -2.27. The number of nitrogens with one attached hydrogen (secondary N) is 1. The molecule has 2 rings (SSSR count). The number of carbonyl (C=O) groups is 1. The number of nitrogens with two attached hydrogens (primary N) is 1. The Kier molecular flexibility index (Phi) is 4.96. The summed E-state index contributed by atoms with van der Waals surface area (Å²) in [5.74, 6) is 0.616. The Hall–Kier alpha value is -2.07. The lowest BCUT2D eigenvalue weighted by Gasteiger charge is -2.12. The van der Waals surface area contributed by atoms with Crippen molar-refractivity contribution >= 4 is 5.91 Å². The topological polar surface area (TPSA) is 68.3 Å². The zero-order valence-corrected chi connectivity index (χ0v) is 11.6. The second-order valence-electron chi connectivity index (χ2n) is 4.67. The van der Waals surface area contributed by atoms with Crippen LogP contribution in [0, 0.1) is 0 Å². The van der Waals surface area contributed by atoms with Gasteiger partial charge in [-0.2, -0.15) is 0 Å². The van der Waals surface area contributed by atoms with Crippen molar-refractivity contribution in [1.29, 1.82) is 0 Å². The van der Waals surface area contributed by atoms with Crippen LogP contribution in [0.4, 0.5) is 0 Å². The van der Waals surface area contributed by atoms with E-state index >= 15 is 0 Å². The average molecular weight is 272 g/mol. The van der Waals surface area contributed by atoms with Gasteiger partial charge in [-0.3, -0.25) is 4.79 Å². The van der Waals surface area contributed by atoms with Crippen LogP contribution >= 0.6 is 0 Å². The fraction of sp³-hybridized carbons (Fsp3) is 0.312. The molecule has 0 spiro atoms. The zero-order valence-electron chi connectivity index (χ0n) is 11.6. The second-order valence-corrected chi connectivity index (χ2v) is 4.67. The molecule has 0 fully saturated rings. The Morgan fingerprint density at radius 3 is 2.75 bits per heavy atom. The van der Waals surface area contributed by atoms with Crippen molar-refractivity contribution in [2.75, 3.05) is 6.54 Å². The highest BCUT2D eigenvalue weighted by atomic mass is 16.3. The summed E-state index contributed by atoms with van der Waals surface area (Å²) in [5.41, 5.74) is 7.78. The molecule has 1 atom stereocenters. The molecule has 0 aliphatic rings. The van der Waals surface area contributed by atoms with Gasteiger partial charge in [0.05, 0.1) is 11.8 Å². The predicted molar refractivity (Wildman–Crippen MR) is 78.4 cm³/mol. The highest BCUT2D eigenvalue weighted by molar-refractivity contribution is 5.95. The van der Waals surface area contributed by atoms with Gasteiger partial charge >= 0.3 is 0 Å². The minimum Gasteiger partial charge on any atom is -0.469 e. The van der Waals surface area contributed by atoms with Gasteiger partial charge in [0.25, 0.3) is 5.91 Å². The summed E-state index contributed by atoms with van der Waals surface area (Å²) in [6.45, 7) is 2.50. The van der Waals surface area contributed by atoms with E-state index in [0.717, 1.165) is 11.3 Å². The summed E-state index contributed by atoms with van der Waals surface area (Å²) in [4.78, 5) is 12.0. The van der Waals surface area contributed by atoms with Crippen LogP contribution in [-0.4, -0.2) is 12.5 Å². The molecule has 3 N–H and O–H groups in total. The van der Waals surface area contributed by atoms with E-state index in [0.29, 0.717) is 24.9 Å². The van der Waals surface area contributed by atoms with Crippen LogP contribution < -0.4 is 11.1 Å². The first kappa shape index (κ1) is 14.3. The van der Waals surface area contributed by atoms with Gasteiger partial charge in [0.2, 0.25) is 0 Å². The van der Waals surface area contributed by atoms with E-state index in [1.807, 2.05) is 37.3 Å². The summed E-state index contributed by atoms with van der Waals surface area (Å²) >= 11 is 0. The number of aryl methyl sites for hydroxylation is 1. The first-order valence-corrected chi connectivity index (χ1v) is 6.87. The average Bonchev–Trinajstić information content (AvgIpc) is 2.96. The Morgan fingerprint density at radius 2 is 2.05 bits per heavy atom. The van der Waals surface area contributed by atoms with Crippen LogP contribution in [0.3, 0.4) is 0 Å². The molecule has 1 aromatic carbocycles. The Balaban J connectivity index is 1.83. The maximum atomic E-state index is 12.0. The van der Waals surface area contributed by atoms with E-state index in [-0.39, 0.29) is 11.9 Å². The van der Waals surface area contributed by atoms with Crippen LogP contribution in [0.15, 0.2) is 47.1 Å². The molecule has 0 bridgehead atoms. The van der Waals surface area contributed by atoms with Gasteiger partial charge in [0.15, 0.2) is 0 Å². The molecule has 1 heterocycles. The van der Waals surface area contributed by atoms with Gasteiger partial charge in [-0.25, -0.2) is 0 Å². The van der Waals surface area contributed by atoms with Crippen molar-refractivity contribution in [1.82, 2.24) is 5.32 Å². The van der Waals surface area contributed by atoms with Crippen molar-refractivity contribution in [3.05, 3.63) is 59.5 Å². The van der Waals surface area contributed by atoms with Crippen LogP contribution in [0.25, 0.3) is 0 Å². The standard InChI is InChI=1S/C16H20N2O2/c1-2-15-13(9-11-20-15)16(19)18-10-8-14(17)12-6-4-3-5-7-12/h3-7,9,11,14H,2,8,10,17H2,1H3,(H,18,19). The summed E-state index contributed by atoms with van der Waals surface area (Å²) in [6.07, 6.45) is 2.96. The summed E-state index contributed by atoms with van der Waals surface area (Å²) in [5, 5.41) is 2.88. The van der Waals surface area contributed by atoms with Gasteiger partial charge in [0, 0.05) is 19.0 Å². The number of carbonyl (C=O) groups excluding carboxylic acids is 1. The minimum atomic E-state index is -0.101. The Morgan fingerprint density at radius 1 is 1.30 bits per heavy atom. The lowest BCUT2D eigenvalue weighted by atomic mass is 10.0. The first-order valence-electron chi connectivity index (χ1n) is 6.87. The molecular formula is C16H20N2O2. The number of benzene rings is 1. The van der Waals surface area contributed by atoms with Gasteiger partial charge in [-0.05, 0) is 18.1 Å². The van der Waals surface area contributed by atoms with Crippen molar-refractivity contribution in [2.24, 2.45) is 5.73 Å². The van der Waals surface area contributed by atoms with Crippen LogP contribution in [0.1, 0.15) is 41.1 Å². The molecule has 106 valence electrons. The number of amides is 1. The number of furan rings is 1. The van der Waals surface area contributed by atoms with E-state index in [2.05, 4.69) is 5.32 Å². The van der Waals surface area contributed by atoms with Crippen molar-refractivity contribution in [3.8, 4) is 0 Å². The monoisotopic (exact) mass is 272 g/mol. The molecule has 0 saturated heterocycles. The molecule has 2 aromatic rings. The highest BCUT2D eigenvalue weighted by Gasteiger charge is 2.13. The molecule has 1 aromatic heterocycles. The maximum absolute atomic E-state index is 12.0. The lowest BCUT2D eigenvalue weighted by molar-refractivity contribution is 0.0950. The Labute approximate surface area is 119 Å². The van der Waals surface area contributed by atoms with Crippen LogP contribution in [0.2, 0.25) is 0 Å². The molecule has 0 radical (unpaired) electrons. The molecular weight excluding hydrogens is 252 g/mol. The third-order valence-electron chi connectivity index (χ3n) is 3.28. The van der Waals surface area contributed by atoms with Crippen molar-refractivity contribution in [3.63, 3.8) is 0 Å². The minimum absolute atomic E-state index is 0.0634. The molecule has 1 unspecified atom stereocenters. The Bertz CT molecular complexity index is 549. The van der Waals surface area contributed by atoms with Crippen LogP contribution in [0.5, 0.6) is 0 Å². The predicted octanol–water partition coefficient (Wildman–Crippen LogP) is 2.66. The number of hydrogen-bond donors (Lipinski definition) is 2. The van der Waals surface area contributed by atoms with Crippen LogP contribution in [-0.2, 0) is 6.42 Å². The van der Waals surface area contributed by atoms with Crippen molar-refractivity contribution < 1.29 is 9.21 Å². The van der Waals surface area contributed by atoms with Gasteiger partial charge in [-0.1, -0.05) is 37.3 Å². The van der Waals surface area contributed by atoms with E-state index in [9.17, 15) is 4.79 Å². The highest BCUT2D eigenvalue weighted by Crippen LogP contribution is 2.13. The normalized spacial score (nSPS) is 12.1. The summed E-state index contributed by atoms with van der Waals surface area (Å²) in [6, 6.07) is 11.5. The number of hydrogen-bond acceptors (Lipinski definition) is 3.